The normalized spacial score (nSPS) is 10.4. The quantitative estimate of drug-likeness (QED) is 0.730. The van der Waals surface area contributed by atoms with Crippen LogP contribution in [0.1, 0.15) is 12.5 Å². The molecular formula is C17H20BrNO2. The van der Waals surface area contributed by atoms with Gasteiger partial charge < -0.3 is 14.8 Å². The molecular weight excluding hydrogens is 330 g/mol. The molecule has 0 fully saturated rings. The lowest BCUT2D eigenvalue weighted by molar-refractivity contribution is 0.275. The highest BCUT2D eigenvalue weighted by Gasteiger charge is 2.02. The van der Waals surface area contributed by atoms with E-state index in [4.69, 9.17) is 9.47 Å². The maximum absolute atomic E-state index is 5.75. The molecule has 0 atom stereocenters. The highest BCUT2D eigenvalue weighted by molar-refractivity contribution is 9.10. The van der Waals surface area contributed by atoms with Gasteiger partial charge in [0.25, 0.3) is 0 Å². The van der Waals surface area contributed by atoms with Crippen LogP contribution in [0.15, 0.2) is 53.0 Å². The molecule has 0 heterocycles. The van der Waals surface area contributed by atoms with Crippen molar-refractivity contribution in [3.63, 3.8) is 0 Å². The fraction of sp³-hybridized carbons (Fsp3) is 0.294. The van der Waals surface area contributed by atoms with Crippen molar-refractivity contribution >= 4 is 15.9 Å². The Bertz CT molecular complexity index is 543. The van der Waals surface area contributed by atoms with Gasteiger partial charge in [-0.3, -0.25) is 0 Å². The fourth-order valence-electron chi connectivity index (χ4n) is 1.91. The van der Waals surface area contributed by atoms with Gasteiger partial charge in [-0.2, -0.15) is 0 Å². The number of ether oxygens (including phenoxy) is 2. The maximum Gasteiger partial charge on any atom is 0.161 e. The molecule has 2 rings (SSSR count). The summed E-state index contributed by atoms with van der Waals surface area (Å²) in [4.78, 5) is 0. The lowest BCUT2D eigenvalue weighted by atomic mass is 10.2. The highest BCUT2D eigenvalue weighted by atomic mass is 79.9. The molecule has 21 heavy (non-hydrogen) atoms. The molecule has 112 valence electrons. The van der Waals surface area contributed by atoms with Crippen molar-refractivity contribution < 1.29 is 9.47 Å². The zero-order valence-corrected chi connectivity index (χ0v) is 13.7. The molecule has 0 unspecified atom stereocenters. The first-order valence-corrected chi connectivity index (χ1v) is 7.88. The Morgan fingerprint density at radius 3 is 2.29 bits per heavy atom. The summed E-state index contributed by atoms with van der Waals surface area (Å²) in [5.74, 6) is 1.60. The van der Waals surface area contributed by atoms with Gasteiger partial charge in [-0.1, -0.05) is 40.2 Å². The molecule has 0 aliphatic rings. The minimum Gasteiger partial charge on any atom is -0.490 e. The van der Waals surface area contributed by atoms with Crippen LogP contribution < -0.4 is 14.8 Å². The SMILES string of the molecule is CCOc1ccccc1OCCNCc1ccc(Br)cc1. The van der Waals surface area contributed by atoms with E-state index in [1.165, 1.54) is 5.56 Å². The Kier molecular flexibility index (Phi) is 6.57. The van der Waals surface area contributed by atoms with E-state index in [1.54, 1.807) is 0 Å². The summed E-state index contributed by atoms with van der Waals surface area (Å²) in [7, 11) is 0. The van der Waals surface area contributed by atoms with Crippen LogP contribution in [0.2, 0.25) is 0 Å². The van der Waals surface area contributed by atoms with Gasteiger partial charge in [0, 0.05) is 17.6 Å². The average Bonchev–Trinajstić information content (AvgIpc) is 2.51. The summed E-state index contributed by atoms with van der Waals surface area (Å²) in [5.41, 5.74) is 1.26. The summed E-state index contributed by atoms with van der Waals surface area (Å²) < 4.78 is 12.4. The van der Waals surface area contributed by atoms with E-state index in [1.807, 2.05) is 43.3 Å². The van der Waals surface area contributed by atoms with Gasteiger partial charge in [-0.25, -0.2) is 0 Å². The third-order valence-electron chi connectivity index (χ3n) is 2.93. The minimum absolute atomic E-state index is 0.612. The Morgan fingerprint density at radius 1 is 0.952 bits per heavy atom. The van der Waals surface area contributed by atoms with Gasteiger partial charge in [0.2, 0.25) is 0 Å². The number of benzene rings is 2. The molecule has 0 spiro atoms. The topological polar surface area (TPSA) is 30.5 Å². The first-order valence-electron chi connectivity index (χ1n) is 7.09. The van der Waals surface area contributed by atoms with Crippen LogP contribution >= 0.6 is 15.9 Å². The van der Waals surface area contributed by atoms with Crippen molar-refractivity contribution in [1.29, 1.82) is 0 Å². The molecule has 0 aliphatic carbocycles. The van der Waals surface area contributed by atoms with E-state index in [-0.39, 0.29) is 0 Å². The Hall–Kier alpha value is -1.52. The number of hydrogen-bond acceptors (Lipinski definition) is 3. The van der Waals surface area contributed by atoms with Crippen molar-refractivity contribution in [3.8, 4) is 11.5 Å². The number of rotatable bonds is 8. The predicted molar refractivity (Wildman–Crippen MR) is 89.0 cm³/mol. The summed E-state index contributed by atoms with van der Waals surface area (Å²) in [5, 5.41) is 3.36. The molecule has 1 N–H and O–H groups in total. The van der Waals surface area contributed by atoms with Crippen molar-refractivity contribution in [2.45, 2.75) is 13.5 Å². The van der Waals surface area contributed by atoms with Crippen molar-refractivity contribution in [3.05, 3.63) is 58.6 Å². The van der Waals surface area contributed by atoms with E-state index in [0.29, 0.717) is 13.2 Å². The molecule has 3 nitrogen and oxygen atoms in total. The first-order chi connectivity index (χ1) is 10.3. The molecule has 0 radical (unpaired) electrons. The first kappa shape index (κ1) is 15.9. The van der Waals surface area contributed by atoms with Gasteiger partial charge in [0.15, 0.2) is 11.5 Å². The van der Waals surface area contributed by atoms with E-state index in [9.17, 15) is 0 Å². The summed E-state index contributed by atoms with van der Waals surface area (Å²) >= 11 is 3.43. The van der Waals surface area contributed by atoms with Gasteiger partial charge in [0.1, 0.15) is 6.61 Å². The number of hydrogen-bond donors (Lipinski definition) is 1. The third kappa shape index (κ3) is 5.40. The van der Waals surface area contributed by atoms with E-state index in [2.05, 4.69) is 33.4 Å². The molecule has 0 amide bonds. The van der Waals surface area contributed by atoms with Crippen LogP contribution in [0, 0.1) is 0 Å². The van der Waals surface area contributed by atoms with Crippen LogP contribution in [0.5, 0.6) is 11.5 Å². The fourth-order valence-corrected chi connectivity index (χ4v) is 2.18. The highest BCUT2D eigenvalue weighted by Crippen LogP contribution is 2.26. The maximum atomic E-state index is 5.75. The molecule has 4 heteroatoms. The third-order valence-corrected chi connectivity index (χ3v) is 3.46. The van der Waals surface area contributed by atoms with Crippen molar-refractivity contribution in [2.75, 3.05) is 19.8 Å². The zero-order chi connectivity index (χ0) is 14.9. The minimum atomic E-state index is 0.612. The second-order valence-electron chi connectivity index (χ2n) is 4.53. The lowest BCUT2D eigenvalue weighted by Crippen LogP contribution is -2.20. The van der Waals surface area contributed by atoms with E-state index >= 15 is 0 Å². The van der Waals surface area contributed by atoms with E-state index in [0.717, 1.165) is 29.1 Å². The Balaban J connectivity index is 1.71. The van der Waals surface area contributed by atoms with Gasteiger partial charge in [0.05, 0.1) is 6.61 Å². The lowest BCUT2D eigenvalue weighted by Gasteiger charge is -2.12. The van der Waals surface area contributed by atoms with Crippen LogP contribution in [-0.2, 0) is 6.54 Å². The van der Waals surface area contributed by atoms with E-state index < -0.39 is 0 Å². The average molecular weight is 350 g/mol. The monoisotopic (exact) mass is 349 g/mol. The molecule has 2 aromatic carbocycles. The van der Waals surface area contributed by atoms with Crippen molar-refractivity contribution in [2.24, 2.45) is 0 Å². The molecule has 2 aromatic rings. The molecule has 0 aromatic heterocycles. The predicted octanol–water partition coefficient (Wildman–Crippen LogP) is 4.02. The largest absolute Gasteiger partial charge is 0.490 e. The summed E-state index contributed by atoms with van der Waals surface area (Å²) in [6.07, 6.45) is 0. The summed E-state index contributed by atoms with van der Waals surface area (Å²) in [6, 6.07) is 16.0. The van der Waals surface area contributed by atoms with Crippen LogP contribution in [0.25, 0.3) is 0 Å². The molecule has 0 saturated carbocycles. The molecule has 0 bridgehead atoms. The zero-order valence-electron chi connectivity index (χ0n) is 12.1. The smallest absolute Gasteiger partial charge is 0.161 e. The number of nitrogens with one attached hydrogen (secondary N) is 1. The van der Waals surface area contributed by atoms with Crippen LogP contribution in [-0.4, -0.2) is 19.8 Å². The standard InChI is InChI=1S/C17H20BrNO2/c1-2-20-16-5-3-4-6-17(16)21-12-11-19-13-14-7-9-15(18)10-8-14/h3-10,19H,2,11-13H2,1H3. The van der Waals surface area contributed by atoms with Crippen LogP contribution in [0.3, 0.4) is 0 Å². The Labute approximate surface area is 134 Å². The number of halogens is 1. The Morgan fingerprint density at radius 2 is 1.62 bits per heavy atom. The number of para-hydroxylation sites is 2. The van der Waals surface area contributed by atoms with Gasteiger partial charge >= 0.3 is 0 Å². The van der Waals surface area contributed by atoms with Gasteiger partial charge in [-0.05, 0) is 36.8 Å². The summed E-state index contributed by atoms with van der Waals surface area (Å²) in [6.45, 7) is 4.85. The molecule has 0 aliphatic heterocycles. The second kappa shape index (κ2) is 8.70. The van der Waals surface area contributed by atoms with Crippen molar-refractivity contribution in [1.82, 2.24) is 5.32 Å². The second-order valence-corrected chi connectivity index (χ2v) is 5.45. The van der Waals surface area contributed by atoms with Crippen LogP contribution in [0.4, 0.5) is 0 Å². The molecule has 0 saturated heterocycles. The van der Waals surface area contributed by atoms with Gasteiger partial charge in [-0.15, -0.1) is 0 Å².